The summed E-state index contributed by atoms with van der Waals surface area (Å²) in [6, 6.07) is 3.97. The van der Waals surface area contributed by atoms with Crippen LogP contribution in [0.25, 0.3) is 5.70 Å². The van der Waals surface area contributed by atoms with Crippen molar-refractivity contribution in [2.45, 2.75) is 25.8 Å². The molecule has 0 radical (unpaired) electrons. The second-order valence-corrected chi connectivity index (χ2v) is 5.59. The smallest absolute Gasteiger partial charge is 0.135 e. The fraction of sp³-hybridized carbons (Fsp3) is 0.412. The predicted molar refractivity (Wildman–Crippen MR) is 84.4 cm³/mol. The van der Waals surface area contributed by atoms with E-state index in [0.29, 0.717) is 6.54 Å². The highest BCUT2D eigenvalue weighted by atomic mass is 19.1. The molecule has 0 bridgehead atoms. The van der Waals surface area contributed by atoms with Gasteiger partial charge in [-0.2, -0.15) is 10.2 Å². The molecule has 1 unspecified atom stereocenters. The molecule has 0 fully saturated rings. The Morgan fingerprint density at radius 3 is 2.55 bits per heavy atom. The molecule has 3 nitrogen and oxygen atoms in total. The van der Waals surface area contributed by atoms with Crippen molar-refractivity contribution < 1.29 is 8.78 Å². The molecule has 1 aliphatic rings. The van der Waals surface area contributed by atoms with Crippen LogP contribution in [-0.2, 0) is 0 Å². The molecule has 2 rings (SSSR count). The number of halogens is 2. The Hall–Kier alpha value is -1.88. The molecular formula is C17H21F2N3. The van der Waals surface area contributed by atoms with Crippen molar-refractivity contribution in [1.29, 1.82) is 0 Å². The van der Waals surface area contributed by atoms with Gasteiger partial charge in [0.2, 0.25) is 0 Å². The van der Waals surface area contributed by atoms with E-state index in [9.17, 15) is 8.78 Å². The van der Waals surface area contributed by atoms with Gasteiger partial charge in [0.15, 0.2) is 0 Å². The number of rotatable bonds is 2. The lowest BCUT2D eigenvalue weighted by Gasteiger charge is -2.19. The maximum atomic E-state index is 14.0. The highest BCUT2D eigenvalue weighted by molar-refractivity contribution is 5.67. The number of nitrogens with one attached hydrogen (secondary N) is 1. The van der Waals surface area contributed by atoms with Crippen LogP contribution in [0.15, 0.2) is 46.7 Å². The highest BCUT2D eigenvalue weighted by Crippen LogP contribution is 2.28. The van der Waals surface area contributed by atoms with Crippen LogP contribution in [0.1, 0.15) is 25.3 Å². The van der Waals surface area contributed by atoms with E-state index in [-0.39, 0.29) is 23.2 Å². The molecule has 0 saturated heterocycles. The molecule has 1 aliphatic heterocycles. The number of allylic oxidation sites excluding steroid dienone is 2. The van der Waals surface area contributed by atoms with Gasteiger partial charge < -0.3 is 5.32 Å². The van der Waals surface area contributed by atoms with Crippen LogP contribution in [0.3, 0.4) is 0 Å². The summed E-state index contributed by atoms with van der Waals surface area (Å²) in [5.41, 5.74) is 0.832. The minimum Gasteiger partial charge on any atom is -0.315 e. The zero-order valence-electron chi connectivity index (χ0n) is 12.9. The number of likely N-dealkylation sites (N-methyl/N-ethyl adjacent to an activating group) is 1. The Morgan fingerprint density at radius 1 is 1.23 bits per heavy atom. The van der Waals surface area contributed by atoms with Gasteiger partial charge in [0.05, 0.1) is 17.8 Å². The molecule has 1 aromatic rings. The zero-order valence-corrected chi connectivity index (χ0v) is 12.9. The quantitative estimate of drug-likeness (QED) is 0.867. The number of benzene rings is 1. The van der Waals surface area contributed by atoms with Crippen molar-refractivity contribution in [1.82, 2.24) is 5.32 Å². The van der Waals surface area contributed by atoms with Crippen LogP contribution in [0.2, 0.25) is 0 Å². The van der Waals surface area contributed by atoms with E-state index in [1.165, 1.54) is 18.2 Å². The molecule has 0 aliphatic carbocycles. The van der Waals surface area contributed by atoms with Crippen LogP contribution in [0.4, 0.5) is 8.78 Å². The van der Waals surface area contributed by atoms with Crippen molar-refractivity contribution in [2.75, 3.05) is 13.6 Å². The average molecular weight is 305 g/mol. The van der Waals surface area contributed by atoms with Gasteiger partial charge >= 0.3 is 0 Å². The fourth-order valence-corrected chi connectivity index (χ4v) is 2.39. The number of nitrogens with zero attached hydrogens (tertiary/aromatic N) is 2. The molecule has 1 heterocycles. The van der Waals surface area contributed by atoms with Gasteiger partial charge in [0.1, 0.15) is 11.6 Å². The minimum absolute atomic E-state index is 0.152. The molecule has 1 aromatic carbocycles. The first-order valence-electron chi connectivity index (χ1n) is 7.42. The fourth-order valence-electron chi connectivity index (χ4n) is 2.39. The lowest BCUT2D eigenvalue weighted by Crippen LogP contribution is -2.28. The SMILES string of the molecule is C=C1/C=C(/c2c(F)cccc2F)N=NCC(NC)CC[C@@H]1C. The predicted octanol–water partition coefficient (Wildman–Crippen LogP) is 4.33. The minimum atomic E-state index is -0.645. The summed E-state index contributed by atoms with van der Waals surface area (Å²) < 4.78 is 28.0. The van der Waals surface area contributed by atoms with E-state index in [1.54, 1.807) is 6.08 Å². The van der Waals surface area contributed by atoms with Crippen molar-refractivity contribution in [3.8, 4) is 0 Å². The van der Waals surface area contributed by atoms with Gasteiger partial charge in [0, 0.05) is 6.04 Å². The van der Waals surface area contributed by atoms with Gasteiger partial charge in [-0.25, -0.2) is 8.78 Å². The van der Waals surface area contributed by atoms with E-state index < -0.39 is 11.6 Å². The summed E-state index contributed by atoms with van der Waals surface area (Å²) in [6.07, 6.45) is 3.52. The summed E-state index contributed by atoms with van der Waals surface area (Å²) in [5.74, 6) is -1.07. The second-order valence-electron chi connectivity index (χ2n) is 5.59. The van der Waals surface area contributed by atoms with Crippen LogP contribution in [-0.4, -0.2) is 19.6 Å². The van der Waals surface area contributed by atoms with Gasteiger partial charge in [0.25, 0.3) is 0 Å². The maximum Gasteiger partial charge on any atom is 0.135 e. The van der Waals surface area contributed by atoms with Gasteiger partial charge in [-0.15, -0.1) is 0 Å². The molecule has 5 heteroatoms. The number of hydrogen-bond acceptors (Lipinski definition) is 3. The molecule has 0 spiro atoms. The molecule has 22 heavy (non-hydrogen) atoms. The molecule has 1 N–H and O–H groups in total. The van der Waals surface area contributed by atoms with Crippen LogP contribution >= 0.6 is 0 Å². The molecule has 0 aromatic heterocycles. The van der Waals surface area contributed by atoms with Crippen molar-refractivity contribution in [2.24, 2.45) is 16.1 Å². The monoisotopic (exact) mass is 305 g/mol. The van der Waals surface area contributed by atoms with Crippen LogP contribution in [0, 0.1) is 17.6 Å². The largest absolute Gasteiger partial charge is 0.315 e. The van der Waals surface area contributed by atoms with E-state index in [4.69, 9.17) is 0 Å². The van der Waals surface area contributed by atoms with Crippen molar-refractivity contribution in [3.63, 3.8) is 0 Å². The normalized spacial score (nSPS) is 25.6. The van der Waals surface area contributed by atoms with Crippen LogP contribution < -0.4 is 5.32 Å². The number of azo groups is 1. The van der Waals surface area contributed by atoms with Crippen molar-refractivity contribution in [3.05, 3.63) is 53.6 Å². The van der Waals surface area contributed by atoms with Gasteiger partial charge in [-0.05, 0) is 44.0 Å². The van der Waals surface area contributed by atoms with E-state index in [2.05, 4.69) is 29.0 Å². The zero-order chi connectivity index (χ0) is 16.1. The summed E-state index contributed by atoms with van der Waals surface area (Å²) in [4.78, 5) is 0. The summed E-state index contributed by atoms with van der Waals surface area (Å²) in [7, 11) is 1.87. The van der Waals surface area contributed by atoms with E-state index in [0.717, 1.165) is 18.4 Å². The highest BCUT2D eigenvalue weighted by Gasteiger charge is 2.17. The Bertz CT molecular complexity index is 588. The first-order valence-corrected chi connectivity index (χ1v) is 7.42. The Kier molecular flexibility index (Phi) is 5.55. The van der Waals surface area contributed by atoms with Crippen LogP contribution in [0.5, 0.6) is 0 Å². The Balaban J connectivity index is 2.44. The van der Waals surface area contributed by atoms with Gasteiger partial charge in [-0.1, -0.05) is 25.1 Å². The lowest BCUT2D eigenvalue weighted by molar-refractivity contribution is 0.467. The maximum absolute atomic E-state index is 14.0. The topological polar surface area (TPSA) is 36.8 Å². The van der Waals surface area contributed by atoms with Gasteiger partial charge in [-0.3, -0.25) is 0 Å². The molecule has 0 saturated carbocycles. The third-order valence-electron chi connectivity index (χ3n) is 4.01. The lowest BCUT2D eigenvalue weighted by atomic mass is 9.93. The van der Waals surface area contributed by atoms with E-state index >= 15 is 0 Å². The third-order valence-corrected chi connectivity index (χ3v) is 4.01. The molecule has 0 amide bonds. The Labute approximate surface area is 129 Å². The first-order chi connectivity index (χ1) is 10.5. The van der Waals surface area contributed by atoms with E-state index in [1.807, 2.05) is 7.05 Å². The van der Waals surface area contributed by atoms with Crippen molar-refractivity contribution >= 4 is 5.70 Å². The Morgan fingerprint density at radius 2 is 1.91 bits per heavy atom. The molecule has 118 valence electrons. The third kappa shape index (κ3) is 3.85. The average Bonchev–Trinajstić information content (AvgIpc) is 2.49. The number of hydrogen-bond donors (Lipinski definition) is 1. The second kappa shape index (κ2) is 7.40. The summed E-state index contributed by atoms with van der Waals surface area (Å²) >= 11 is 0. The molecule has 2 atom stereocenters. The summed E-state index contributed by atoms with van der Waals surface area (Å²) in [6.45, 7) is 6.54. The summed E-state index contributed by atoms with van der Waals surface area (Å²) in [5, 5.41) is 11.4. The first kappa shape index (κ1) is 16.5. The standard InChI is InChI=1S/C17H21F2N3/c1-11-7-8-13(20-3)10-21-22-16(9-12(11)2)17-14(18)5-4-6-15(17)19/h4-6,9,11,13,20H,2,7-8,10H2,1,3H3/b16-9-,22-21?/t11-,13?/m0/s1. The molecular weight excluding hydrogens is 284 g/mol.